The Kier molecular flexibility index (Phi) is 3.31. The average molecular weight is 270 g/mol. The Hall–Kier alpha value is -1.20. The van der Waals surface area contributed by atoms with Crippen molar-refractivity contribution in [3.8, 4) is 0 Å². The molecule has 2 aromatic rings. The first-order valence-electron chi connectivity index (χ1n) is 5.21. The number of carbonyl (C=O) groups excluding carboxylic acids is 1. The van der Waals surface area contributed by atoms with Crippen LogP contribution in [0.3, 0.4) is 0 Å². The minimum absolute atomic E-state index is 0.0930. The lowest BCUT2D eigenvalue weighted by atomic mass is 10.2. The summed E-state index contributed by atoms with van der Waals surface area (Å²) in [5.74, 6) is -0.119. The van der Waals surface area contributed by atoms with Gasteiger partial charge in [-0.2, -0.15) is 5.10 Å². The van der Waals surface area contributed by atoms with Crippen molar-refractivity contribution in [2.75, 3.05) is 0 Å². The first-order valence-corrected chi connectivity index (χ1v) is 6.40. The van der Waals surface area contributed by atoms with Crippen LogP contribution < -0.4 is 0 Å². The summed E-state index contributed by atoms with van der Waals surface area (Å²) in [5, 5.41) is 5.36. The summed E-state index contributed by atoms with van der Waals surface area (Å²) in [4.78, 5) is 17.0. The molecule has 0 amide bonds. The molecule has 0 aliphatic heterocycles. The molecule has 0 saturated carbocycles. The van der Waals surface area contributed by atoms with Crippen molar-refractivity contribution in [3.05, 3.63) is 33.0 Å². The maximum Gasteiger partial charge on any atom is 0.224 e. The van der Waals surface area contributed by atoms with Crippen molar-refractivity contribution in [3.63, 3.8) is 0 Å². The van der Waals surface area contributed by atoms with E-state index >= 15 is 0 Å². The molecule has 0 N–H and O–H groups in total. The lowest BCUT2D eigenvalue weighted by Crippen LogP contribution is -2.13. The van der Waals surface area contributed by atoms with Gasteiger partial charge in [-0.05, 0) is 20.8 Å². The maximum atomic E-state index is 12.3. The maximum absolute atomic E-state index is 12.3. The van der Waals surface area contributed by atoms with Gasteiger partial charge in [0, 0.05) is 12.2 Å². The summed E-state index contributed by atoms with van der Waals surface area (Å²) >= 11 is 7.38. The van der Waals surface area contributed by atoms with Gasteiger partial charge in [0.25, 0.3) is 0 Å². The number of ketones is 1. The second kappa shape index (κ2) is 4.58. The van der Waals surface area contributed by atoms with E-state index in [1.807, 2.05) is 20.8 Å². The predicted molar refractivity (Wildman–Crippen MR) is 67.9 cm³/mol. The number of hydrogen-bond donors (Lipinski definition) is 0. The van der Waals surface area contributed by atoms with E-state index in [0.717, 1.165) is 5.01 Å². The highest BCUT2D eigenvalue weighted by atomic mass is 35.5. The fourth-order valence-corrected chi connectivity index (χ4v) is 2.46. The minimum atomic E-state index is -0.119. The highest BCUT2D eigenvalue weighted by molar-refractivity contribution is 7.13. The smallest absolute Gasteiger partial charge is 0.224 e. The molecule has 0 saturated heterocycles. The molecule has 0 fully saturated rings. The standard InChI is InChI=1S/C11H12ClN3OS/c1-6(2)15-10(8(12)4-14-15)11(16)9-5-13-7(3)17-9/h4-6H,1-3H3. The number of nitrogens with zero attached hydrogens (tertiary/aromatic N) is 3. The van der Waals surface area contributed by atoms with Crippen molar-refractivity contribution in [1.29, 1.82) is 0 Å². The lowest BCUT2D eigenvalue weighted by Gasteiger charge is -2.09. The van der Waals surface area contributed by atoms with Crippen LogP contribution in [-0.4, -0.2) is 20.5 Å². The molecule has 0 aliphatic carbocycles. The molecule has 0 unspecified atom stereocenters. The van der Waals surface area contributed by atoms with Gasteiger partial charge in [-0.1, -0.05) is 11.6 Å². The second-order valence-electron chi connectivity index (χ2n) is 3.95. The van der Waals surface area contributed by atoms with E-state index in [1.54, 1.807) is 10.9 Å². The van der Waals surface area contributed by atoms with Gasteiger partial charge in [-0.25, -0.2) is 4.98 Å². The van der Waals surface area contributed by atoms with E-state index in [9.17, 15) is 4.79 Å². The Morgan fingerprint density at radius 3 is 2.71 bits per heavy atom. The van der Waals surface area contributed by atoms with Gasteiger partial charge < -0.3 is 0 Å². The van der Waals surface area contributed by atoms with Gasteiger partial charge in [0.05, 0.1) is 21.1 Å². The van der Waals surface area contributed by atoms with Gasteiger partial charge in [-0.3, -0.25) is 9.48 Å². The molecular weight excluding hydrogens is 258 g/mol. The Morgan fingerprint density at radius 1 is 1.47 bits per heavy atom. The molecule has 90 valence electrons. The number of aryl methyl sites for hydroxylation is 1. The number of thiazole rings is 1. The van der Waals surface area contributed by atoms with Crippen molar-refractivity contribution in [1.82, 2.24) is 14.8 Å². The van der Waals surface area contributed by atoms with Crippen LogP contribution in [0.25, 0.3) is 0 Å². The summed E-state index contributed by atoms with van der Waals surface area (Å²) < 4.78 is 1.64. The quantitative estimate of drug-likeness (QED) is 0.805. The third-order valence-corrected chi connectivity index (χ3v) is 3.49. The summed E-state index contributed by atoms with van der Waals surface area (Å²) in [6, 6.07) is 0.0930. The number of aromatic nitrogens is 3. The van der Waals surface area contributed by atoms with Gasteiger partial charge in [-0.15, -0.1) is 11.3 Å². The van der Waals surface area contributed by atoms with Crippen LogP contribution in [0.2, 0.25) is 5.02 Å². The van der Waals surface area contributed by atoms with Crippen LogP contribution >= 0.6 is 22.9 Å². The van der Waals surface area contributed by atoms with Crippen LogP contribution in [0.1, 0.15) is 40.3 Å². The Morgan fingerprint density at radius 2 is 2.18 bits per heavy atom. The highest BCUT2D eigenvalue weighted by Gasteiger charge is 2.22. The number of hydrogen-bond acceptors (Lipinski definition) is 4. The van der Waals surface area contributed by atoms with E-state index in [1.165, 1.54) is 17.5 Å². The van der Waals surface area contributed by atoms with Crippen LogP contribution in [0.15, 0.2) is 12.4 Å². The van der Waals surface area contributed by atoms with Crippen LogP contribution in [0.5, 0.6) is 0 Å². The molecule has 6 heteroatoms. The fourth-order valence-electron chi connectivity index (χ4n) is 1.53. The molecule has 0 atom stereocenters. The molecule has 0 bridgehead atoms. The monoisotopic (exact) mass is 269 g/mol. The molecule has 2 aromatic heterocycles. The molecule has 17 heavy (non-hydrogen) atoms. The highest BCUT2D eigenvalue weighted by Crippen LogP contribution is 2.24. The summed E-state index contributed by atoms with van der Waals surface area (Å²) in [6.45, 7) is 5.78. The van der Waals surface area contributed by atoms with Crippen molar-refractivity contribution in [2.24, 2.45) is 0 Å². The second-order valence-corrected chi connectivity index (χ2v) is 5.59. The summed E-state index contributed by atoms with van der Waals surface area (Å²) in [6.07, 6.45) is 3.08. The van der Waals surface area contributed by atoms with Crippen molar-refractivity contribution >= 4 is 28.7 Å². The van der Waals surface area contributed by atoms with E-state index < -0.39 is 0 Å². The van der Waals surface area contributed by atoms with Gasteiger partial charge in [0.1, 0.15) is 5.69 Å². The van der Waals surface area contributed by atoms with E-state index in [4.69, 9.17) is 11.6 Å². The zero-order valence-electron chi connectivity index (χ0n) is 9.77. The molecule has 2 heterocycles. The van der Waals surface area contributed by atoms with Crippen LogP contribution in [0.4, 0.5) is 0 Å². The zero-order chi connectivity index (χ0) is 12.6. The topological polar surface area (TPSA) is 47.8 Å². The number of rotatable bonds is 3. The molecular formula is C11H12ClN3OS. The molecule has 4 nitrogen and oxygen atoms in total. The number of carbonyl (C=O) groups is 1. The van der Waals surface area contributed by atoms with Crippen LogP contribution in [0, 0.1) is 6.92 Å². The SMILES string of the molecule is Cc1ncc(C(=O)c2c(Cl)cnn2C(C)C)s1. The Labute approximate surface area is 108 Å². The molecule has 0 aliphatic rings. The molecule has 0 radical (unpaired) electrons. The van der Waals surface area contributed by atoms with E-state index in [0.29, 0.717) is 15.6 Å². The minimum Gasteiger partial charge on any atom is -0.286 e. The van der Waals surface area contributed by atoms with E-state index in [-0.39, 0.29) is 11.8 Å². The summed E-state index contributed by atoms with van der Waals surface area (Å²) in [7, 11) is 0. The third kappa shape index (κ3) is 2.25. The largest absolute Gasteiger partial charge is 0.286 e. The average Bonchev–Trinajstić information content (AvgIpc) is 2.83. The Balaban J connectivity index is 2.47. The number of halogens is 1. The lowest BCUT2D eigenvalue weighted by molar-refractivity contribution is 0.103. The van der Waals surface area contributed by atoms with Gasteiger partial charge >= 0.3 is 0 Å². The molecule has 0 spiro atoms. The summed E-state index contributed by atoms with van der Waals surface area (Å²) in [5.41, 5.74) is 0.435. The van der Waals surface area contributed by atoms with Gasteiger partial charge in [0.2, 0.25) is 5.78 Å². The predicted octanol–water partition coefficient (Wildman–Crippen LogP) is 3.11. The van der Waals surface area contributed by atoms with E-state index in [2.05, 4.69) is 10.1 Å². The van der Waals surface area contributed by atoms with Crippen molar-refractivity contribution in [2.45, 2.75) is 26.8 Å². The Bertz CT molecular complexity index is 559. The normalized spacial score (nSPS) is 11.1. The molecule has 2 rings (SSSR count). The fraction of sp³-hybridized carbons (Fsp3) is 0.364. The third-order valence-electron chi connectivity index (χ3n) is 2.30. The first-order chi connectivity index (χ1) is 8.00. The molecule has 0 aromatic carbocycles. The van der Waals surface area contributed by atoms with Crippen LogP contribution in [-0.2, 0) is 0 Å². The zero-order valence-corrected chi connectivity index (χ0v) is 11.3. The van der Waals surface area contributed by atoms with Gasteiger partial charge in [0.15, 0.2) is 0 Å². The van der Waals surface area contributed by atoms with Crippen molar-refractivity contribution < 1.29 is 4.79 Å². The first kappa shape index (κ1) is 12.3.